The number of benzene rings is 1. The Kier molecular flexibility index (Phi) is 4.63. The standard InChI is InChI=1S/C15H15ClFNO3/c1-9(17)14(19)18-7-12(13(8-18)15(20)21-2)10-3-5-11(16)6-4-10/h3-6,12-13H,1,7-8H2,2H3/t12-,13+/m0/s1. The topological polar surface area (TPSA) is 46.6 Å². The molecule has 1 aromatic rings. The van der Waals surface area contributed by atoms with E-state index >= 15 is 0 Å². The first-order valence-corrected chi connectivity index (χ1v) is 6.78. The second-order valence-electron chi connectivity index (χ2n) is 4.90. The summed E-state index contributed by atoms with van der Waals surface area (Å²) in [6.07, 6.45) is 0. The summed E-state index contributed by atoms with van der Waals surface area (Å²) in [4.78, 5) is 24.9. The molecule has 0 N–H and O–H groups in total. The van der Waals surface area contributed by atoms with Gasteiger partial charge in [0.05, 0.1) is 13.0 Å². The highest BCUT2D eigenvalue weighted by atomic mass is 35.5. The zero-order valence-corrected chi connectivity index (χ0v) is 12.3. The molecule has 0 saturated carbocycles. The van der Waals surface area contributed by atoms with E-state index in [0.29, 0.717) is 5.02 Å². The van der Waals surface area contributed by atoms with Crippen LogP contribution in [-0.4, -0.2) is 37.0 Å². The van der Waals surface area contributed by atoms with E-state index in [1.807, 2.05) is 0 Å². The van der Waals surface area contributed by atoms with Gasteiger partial charge in [0.25, 0.3) is 5.91 Å². The summed E-state index contributed by atoms with van der Waals surface area (Å²) in [6.45, 7) is 3.36. The van der Waals surface area contributed by atoms with Gasteiger partial charge < -0.3 is 9.64 Å². The highest BCUT2D eigenvalue weighted by Gasteiger charge is 2.41. The molecule has 0 radical (unpaired) electrons. The average molecular weight is 312 g/mol. The van der Waals surface area contributed by atoms with Crippen molar-refractivity contribution in [3.05, 3.63) is 47.3 Å². The van der Waals surface area contributed by atoms with E-state index in [1.54, 1.807) is 24.3 Å². The van der Waals surface area contributed by atoms with Gasteiger partial charge in [0.2, 0.25) is 0 Å². The summed E-state index contributed by atoms with van der Waals surface area (Å²) in [7, 11) is 1.29. The Morgan fingerprint density at radius 2 is 1.95 bits per heavy atom. The normalized spacial score (nSPS) is 21.2. The predicted molar refractivity (Wildman–Crippen MR) is 76.5 cm³/mol. The molecule has 2 rings (SSSR count). The number of hydrogen-bond acceptors (Lipinski definition) is 3. The molecule has 1 aliphatic rings. The second-order valence-corrected chi connectivity index (χ2v) is 5.34. The number of halogens is 2. The first kappa shape index (κ1) is 15.5. The van der Waals surface area contributed by atoms with Gasteiger partial charge in [-0.1, -0.05) is 30.3 Å². The molecule has 0 aromatic heterocycles. The van der Waals surface area contributed by atoms with Crippen molar-refractivity contribution in [3.8, 4) is 0 Å². The van der Waals surface area contributed by atoms with Crippen molar-refractivity contribution in [1.82, 2.24) is 4.90 Å². The Balaban J connectivity index is 2.28. The third-order valence-corrected chi connectivity index (χ3v) is 3.89. The number of amides is 1. The van der Waals surface area contributed by atoms with Crippen LogP contribution in [0, 0.1) is 5.92 Å². The molecule has 0 aliphatic carbocycles. The van der Waals surface area contributed by atoms with E-state index in [1.165, 1.54) is 12.0 Å². The zero-order valence-electron chi connectivity index (χ0n) is 11.5. The van der Waals surface area contributed by atoms with E-state index in [-0.39, 0.29) is 19.0 Å². The third-order valence-electron chi connectivity index (χ3n) is 3.64. The zero-order chi connectivity index (χ0) is 15.6. The number of ether oxygens (including phenoxy) is 1. The smallest absolute Gasteiger partial charge is 0.311 e. The number of methoxy groups -OCH3 is 1. The number of nitrogens with zero attached hydrogens (tertiary/aromatic N) is 1. The molecule has 0 unspecified atom stereocenters. The van der Waals surface area contributed by atoms with Gasteiger partial charge in [-0.05, 0) is 17.7 Å². The quantitative estimate of drug-likeness (QED) is 0.636. The Morgan fingerprint density at radius 3 is 2.48 bits per heavy atom. The molecule has 1 amide bonds. The SMILES string of the molecule is C=C(F)C(=O)N1C[C@@H](C(=O)OC)[C@H](c2ccc(Cl)cc2)C1. The van der Waals surface area contributed by atoms with Gasteiger partial charge in [-0.15, -0.1) is 0 Å². The summed E-state index contributed by atoms with van der Waals surface area (Å²) >= 11 is 5.85. The van der Waals surface area contributed by atoms with Crippen LogP contribution in [0.5, 0.6) is 0 Å². The highest BCUT2D eigenvalue weighted by Crippen LogP contribution is 2.34. The lowest BCUT2D eigenvalue weighted by Gasteiger charge is -2.16. The molecule has 1 fully saturated rings. The lowest BCUT2D eigenvalue weighted by Crippen LogP contribution is -2.30. The van der Waals surface area contributed by atoms with Crippen molar-refractivity contribution in [2.45, 2.75) is 5.92 Å². The van der Waals surface area contributed by atoms with E-state index in [2.05, 4.69) is 6.58 Å². The van der Waals surface area contributed by atoms with Gasteiger partial charge in [-0.25, -0.2) is 4.39 Å². The molecule has 1 aromatic carbocycles. The maximum Gasteiger partial charge on any atom is 0.311 e. The minimum atomic E-state index is -1.03. The van der Waals surface area contributed by atoms with Gasteiger partial charge in [-0.3, -0.25) is 9.59 Å². The van der Waals surface area contributed by atoms with E-state index in [9.17, 15) is 14.0 Å². The molecule has 112 valence electrons. The summed E-state index contributed by atoms with van der Waals surface area (Å²) in [6, 6.07) is 7.01. The van der Waals surface area contributed by atoms with E-state index in [0.717, 1.165) is 5.56 Å². The minimum Gasteiger partial charge on any atom is -0.469 e. The molecular formula is C15H15ClFNO3. The maximum absolute atomic E-state index is 13.0. The van der Waals surface area contributed by atoms with Crippen LogP contribution in [0.15, 0.2) is 36.7 Å². The van der Waals surface area contributed by atoms with Crippen LogP contribution >= 0.6 is 11.6 Å². The summed E-state index contributed by atoms with van der Waals surface area (Å²) < 4.78 is 17.8. The molecule has 1 saturated heterocycles. The molecule has 1 aliphatic heterocycles. The number of carbonyl (C=O) groups excluding carboxylic acids is 2. The Hall–Kier alpha value is -1.88. The van der Waals surface area contributed by atoms with Crippen LogP contribution < -0.4 is 0 Å². The van der Waals surface area contributed by atoms with Crippen molar-refractivity contribution >= 4 is 23.5 Å². The van der Waals surface area contributed by atoms with Gasteiger partial charge >= 0.3 is 5.97 Å². The molecule has 0 bridgehead atoms. The average Bonchev–Trinajstić information content (AvgIpc) is 2.91. The number of likely N-dealkylation sites (tertiary alicyclic amines) is 1. The van der Waals surface area contributed by atoms with Crippen LogP contribution in [0.25, 0.3) is 0 Å². The Morgan fingerprint density at radius 1 is 1.33 bits per heavy atom. The maximum atomic E-state index is 13.0. The number of esters is 1. The van der Waals surface area contributed by atoms with Crippen LogP contribution in [0.2, 0.25) is 5.02 Å². The largest absolute Gasteiger partial charge is 0.469 e. The van der Waals surface area contributed by atoms with Crippen molar-refractivity contribution in [1.29, 1.82) is 0 Å². The molecule has 1 heterocycles. The Bertz CT molecular complexity index is 573. The lowest BCUT2D eigenvalue weighted by molar-refractivity contribution is -0.145. The summed E-state index contributed by atoms with van der Waals surface area (Å²) in [5, 5.41) is 0.580. The third kappa shape index (κ3) is 3.24. The fraction of sp³-hybridized carbons (Fsp3) is 0.333. The predicted octanol–water partition coefficient (Wildman–Crippen LogP) is 2.54. The molecule has 21 heavy (non-hydrogen) atoms. The van der Waals surface area contributed by atoms with Gasteiger partial charge in [0.15, 0.2) is 5.83 Å². The summed E-state index contributed by atoms with van der Waals surface area (Å²) in [5.41, 5.74) is 0.856. The first-order valence-electron chi connectivity index (χ1n) is 6.41. The molecule has 4 nitrogen and oxygen atoms in total. The van der Waals surface area contributed by atoms with Crippen molar-refractivity contribution in [2.75, 3.05) is 20.2 Å². The van der Waals surface area contributed by atoms with Gasteiger partial charge in [-0.2, -0.15) is 0 Å². The fourth-order valence-corrected chi connectivity index (χ4v) is 2.71. The van der Waals surface area contributed by atoms with Crippen LogP contribution in [0.1, 0.15) is 11.5 Å². The van der Waals surface area contributed by atoms with Crippen molar-refractivity contribution < 1.29 is 18.7 Å². The monoisotopic (exact) mass is 311 g/mol. The number of hydrogen-bond donors (Lipinski definition) is 0. The van der Waals surface area contributed by atoms with Crippen LogP contribution in [-0.2, 0) is 14.3 Å². The van der Waals surface area contributed by atoms with E-state index in [4.69, 9.17) is 16.3 Å². The van der Waals surface area contributed by atoms with Crippen LogP contribution in [0.4, 0.5) is 4.39 Å². The Labute approximate surface area is 127 Å². The lowest BCUT2D eigenvalue weighted by atomic mass is 9.89. The van der Waals surface area contributed by atoms with Crippen molar-refractivity contribution in [2.24, 2.45) is 5.92 Å². The van der Waals surface area contributed by atoms with Crippen LogP contribution in [0.3, 0.4) is 0 Å². The summed E-state index contributed by atoms with van der Waals surface area (Å²) in [5.74, 6) is -3.03. The first-order chi connectivity index (χ1) is 9.93. The molecule has 0 spiro atoms. The molecule has 2 atom stereocenters. The number of rotatable bonds is 3. The molecule has 6 heteroatoms. The molecular weight excluding hydrogens is 297 g/mol. The second kappa shape index (κ2) is 6.26. The minimum absolute atomic E-state index is 0.113. The highest BCUT2D eigenvalue weighted by molar-refractivity contribution is 6.30. The van der Waals surface area contributed by atoms with E-state index < -0.39 is 23.6 Å². The van der Waals surface area contributed by atoms with Crippen molar-refractivity contribution in [3.63, 3.8) is 0 Å². The van der Waals surface area contributed by atoms with Gasteiger partial charge in [0, 0.05) is 24.0 Å². The fourth-order valence-electron chi connectivity index (χ4n) is 2.58. The van der Waals surface area contributed by atoms with Gasteiger partial charge in [0.1, 0.15) is 0 Å². The number of carbonyl (C=O) groups is 2.